The van der Waals surface area contributed by atoms with Crippen LogP contribution in [0.15, 0.2) is 47.6 Å². The molecule has 0 saturated carbocycles. The Bertz CT molecular complexity index is 803. The number of nitrogens with one attached hydrogen (secondary N) is 1. The molecule has 0 bridgehead atoms. The number of nitrogens with two attached hydrogens (primary N) is 1. The number of rotatable bonds is 7. The van der Waals surface area contributed by atoms with Crippen LogP contribution in [0, 0.1) is 0 Å². The molecule has 2 aromatic rings. The first-order valence-corrected chi connectivity index (χ1v) is 7.75. The lowest BCUT2D eigenvalue weighted by Gasteiger charge is -2.10. The number of esters is 1. The zero-order valence-electron chi connectivity index (χ0n) is 14.4. The third-order valence-electron chi connectivity index (χ3n) is 3.18. The van der Waals surface area contributed by atoms with Gasteiger partial charge in [0.25, 0.3) is 0 Å². The third-order valence-corrected chi connectivity index (χ3v) is 3.18. The van der Waals surface area contributed by atoms with Crippen LogP contribution in [0.4, 0.5) is 4.79 Å². The monoisotopic (exact) mass is 357 g/mol. The summed E-state index contributed by atoms with van der Waals surface area (Å²) in [5.41, 5.74) is 8.01. The van der Waals surface area contributed by atoms with E-state index < -0.39 is 12.0 Å². The number of ether oxygens (including phenoxy) is 3. The topological polar surface area (TPSA) is 112 Å². The van der Waals surface area contributed by atoms with E-state index in [0.29, 0.717) is 29.2 Å². The van der Waals surface area contributed by atoms with Crippen molar-refractivity contribution in [1.82, 2.24) is 5.43 Å². The standard InChI is InChI=1S/C18H19N3O5/c1-3-25-14-7-5-13(6-8-14)17(22)26-15-9-4-12(10-16(15)24-2)11-20-21-18(19)23/h4-11H,3H2,1-2H3,(H3,19,21,23)/b20-11+. The summed E-state index contributed by atoms with van der Waals surface area (Å²) in [6, 6.07) is 10.7. The Morgan fingerprint density at radius 2 is 1.88 bits per heavy atom. The van der Waals surface area contributed by atoms with Crippen molar-refractivity contribution in [3.63, 3.8) is 0 Å². The number of urea groups is 1. The average molecular weight is 357 g/mol. The number of carbonyl (C=O) groups excluding carboxylic acids is 2. The van der Waals surface area contributed by atoms with E-state index in [2.05, 4.69) is 10.5 Å². The van der Waals surface area contributed by atoms with E-state index in [-0.39, 0.29) is 5.75 Å². The summed E-state index contributed by atoms with van der Waals surface area (Å²) < 4.78 is 15.9. The zero-order chi connectivity index (χ0) is 18.9. The van der Waals surface area contributed by atoms with Crippen molar-refractivity contribution in [2.24, 2.45) is 10.8 Å². The summed E-state index contributed by atoms with van der Waals surface area (Å²) in [5, 5.41) is 3.65. The van der Waals surface area contributed by atoms with E-state index in [1.54, 1.807) is 42.5 Å². The zero-order valence-corrected chi connectivity index (χ0v) is 14.4. The van der Waals surface area contributed by atoms with Crippen molar-refractivity contribution < 1.29 is 23.8 Å². The molecular formula is C18H19N3O5. The molecule has 0 spiro atoms. The van der Waals surface area contributed by atoms with Gasteiger partial charge in [0, 0.05) is 0 Å². The molecule has 8 nitrogen and oxygen atoms in total. The Morgan fingerprint density at radius 3 is 2.50 bits per heavy atom. The molecule has 0 aliphatic carbocycles. The highest BCUT2D eigenvalue weighted by Crippen LogP contribution is 2.28. The minimum atomic E-state index is -0.769. The number of amides is 2. The number of methoxy groups -OCH3 is 1. The Morgan fingerprint density at radius 1 is 1.15 bits per heavy atom. The van der Waals surface area contributed by atoms with E-state index in [9.17, 15) is 9.59 Å². The summed E-state index contributed by atoms with van der Waals surface area (Å²) >= 11 is 0. The van der Waals surface area contributed by atoms with Crippen molar-refractivity contribution in [3.8, 4) is 17.2 Å². The molecule has 0 aliphatic heterocycles. The van der Waals surface area contributed by atoms with Crippen molar-refractivity contribution in [2.75, 3.05) is 13.7 Å². The predicted molar refractivity (Wildman–Crippen MR) is 95.9 cm³/mol. The van der Waals surface area contributed by atoms with Crippen LogP contribution in [-0.2, 0) is 0 Å². The molecule has 0 radical (unpaired) electrons. The van der Waals surface area contributed by atoms with Gasteiger partial charge in [-0.25, -0.2) is 15.0 Å². The molecule has 0 atom stereocenters. The Balaban J connectivity index is 2.11. The van der Waals surface area contributed by atoms with Gasteiger partial charge < -0.3 is 19.9 Å². The van der Waals surface area contributed by atoms with Crippen LogP contribution in [0.2, 0.25) is 0 Å². The predicted octanol–water partition coefficient (Wildman–Crippen LogP) is 2.32. The highest BCUT2D eigenvalue weighted by molar-refractivity contribution is 5.91. The fourth-order valence-corrected chi connectivity index (χ4v) is 2.03. The van der Waals surface area contributed by atoms with Crippen molar-refractivity contribution >= 4 is 18.2 Å². The molecule has 0 unspecified atom stereocenters. The van der Waals surface area contributed by atoms with Gasteiger partial charge in [0.05, 0.1) is 25.5 Å². The number of nitrogens with zero attached hydrogens (tertiary/aromatic N) is 1. The van der Waals surface area contributed by atoms with Crippen LogP contribution in [-0.4, -0.2) is 31.9 Å². The van der Waals surface area contributed by atoms with Crippen LogP contribution in [0.1, 0.15) is 22.8 Å². The Hall–Kier alpha value is -3.55. The summed E-state index contributed by atoms with van der Waals surface area (Å²) in [5.74, 6) is 0.747. The fraction of sp³-hybridized carbons (Fsp3) is 0.167. The van der Waals surface area contributed by atoms with E-state index in [0.717, 1.165) is 0 Å². The van der Waals surface area contributed by atoms with Gasteiger partial charge in [-0.15, -0.1) is 0 Å². The number of hydrogen-bond donors (Lipinski definition) is 2. The second-order valence-corrected chi connectivity index (χ2v) is 4.99. The quantitative estimate of drug-likeness (QED) is 0.342. The third kappa shape index (κ3) is 5.23. The summed E-state index contributed by atoms with van der Waals surface area (Å²) in [4.78, 5) is 22.9. The van der Waals surface area contributed by atoms with Crippen LogP contribution in [0.25, 0.3) is 0 Å². The highest BCUT2D eigenvalue weighted by atomic mass is 16.6. The number of benzene rings is 2. The van der Waals surface area contributed by atoms with Gasteiger partial charge in [0.1, 0.15) is 5.75 Å². The summed E-state index contributed by atoms with van der Waals surface area (Å²) in [6.45, 7) is 2.43. The van der Waals surface area contributed by atoms with Crippen LogP contribution in [0.3, 0.4) is 0 Å². The van der Waals surface area contributed by atoms with Gasteiger partial charge in [0.2, 0.25) is 0 Å². The van der Waals surface area contributed by atoms with Crippen molar-refractivity contribution in [1.29, 1.82) is 0 Å². The summed E-state index contributed by atoms with van der Waals surface area (Å²) in [7, 11) is 1.45. The molecule has 2 amide bonds. The maximum Gasteiger partial charge on any atom is 0.343 e. The van der Waals surface area contributed by atoms with Crippen molar-refractivity contribution in [2.45, 2.75) is 6.92 Å². The molecule has 0 aromatic heterocycles. The second-order valence-electron chi connectivity index (χ2n) is 4.99. The minimum Gasteiger partial charge on any atom is -0.494 e. The number of primary amides is 1. The maximum absolute atomic E-state index is 12.3. The lowest BCUT2D eigenvalue weighted by atomic mass is 10.2. The van der Waals surface area contributed by atoms with Gasteiger partial charge in [-0.05, 0) is 55.0 Å². The molecule has 0 aliphatic rings. The van der Waals surface area contributed by atoms with Gasteiger partial charge >= 0.3 is 12.0 Å². The average Bonchev–Trinajstić information content (AvgIpc) is 2.63. The number of hydrazone groups is 1. The number of carbonyl (C=O) groups is 2. The molecule has 3 N–H and O–H groups in total. The highest BCUT2D eigenvalue weighted by Gasteiger charge is 2.13. The normalized spacial score (nSPS) is 10.4. The fourth-order valence-electron chi connectivity index (χ4n) is 2.03. The van der Waals surface area contributed by atoms with E-state index >= 15 is 0 Å². The smallest absolute Gasteiger partial charge is 0.343 e. The molecule has 0 saturated heterocycles. The lowest BCUT2D eigenvalue weighted by Crippen LogP contribution is -2.24. The van der Waals surface area contributed by atoms with Crippen LogP contribution >= 0.6 is 0 Å². The van der Waals surface area contributed by atoms with Gasteiger partial charge in [-0.1, -0.05) is 0 Å². The van der Waals surface area contributed by atoms with Gasteiger partial charge in [0.15, 0.2) is 11.5 Å². The van der Waals surface area contributed by atoms with Crippen molar-refractivity contribution in [3.05, 3.63) is 53.6 Å². The van der Waals surface area contributed by atoms with Crippen LogP contribution < -0.4 is 25.4 Å². The minimum absolute atomic E-state index is 0.256. The Kier molecular flexibility index (Phi) is 6.55. The molecule has 2 rings (SSSR count). The first kappa shape index (κ1) is 18.8. The molecule has 0 fully saturated rings. The molecular weight excluding hydrogens is 338 g/mol. The summed E-state index contributed by atoms with van der Waals surface area (Å²) in [6.07, 6.45) is 1.38. The van der Waals surface area contributed by atoms with Crippen LogP contribution in [0.5, 0.6) is 17.2 Å². The first-order chi connectivity index (χ1) is 12.5. The molecule has 0 heterocycles. The molecule has 8 heteroatoms. The lowest BCUT2D eigenvalue weighted by molar-refractivity contribution is 0.0729. The molecule has 2 aromatic carbocycles. The van der Waals surface area contributed by atoms with E-state index in [1.807, 2.05) is 6.92 Å². The van der Waals surface area contributed by atoms with E-state index in [1.165, 1.54) is 13.3 Å². The first-order valence-electron chi connectivity index (χ1n) is 7.75. The SMILES string of the molecule is CCOc1ccc(C(=O)Oc2ccc(/C=N/NC(N)=O)cc2OC)cc1. The molecule has 26 heavy (non-hydrogen) atoms. The molecule has 136 valence electrons. The van der Waals surface area contributed by atoms with Gasteiger partial charge in [-0.3, -0.25) is 0 Å². The van der Waals surface area contributed by atoms with Gasteiger partial charge in [-0.2, -0.15) is 5.10 Å². The second kappa shape index (κ2) is 9.07. The maximum atomic E-state index is 12.3. The largest absolute Gasteiger partial charge is 0.494 e. The number of hydrogen-bond acceptors (Lipinski definition) is 6. The van der Waals surface area contributed by atoms with E-state index in [4.69, 9.17) is 19.9 Å². The Labute approximate surface area is 150 Å².